The summed E-state index contributed by atoms with van der Waals surface area (Å²) in [4.78, 5) is 25.2. The highest BCUT2D eigenvalue weighted by molar-refractivity contribution is 7.99. The van der Waals surface area contributed by atoms with Crippen molar-refractivity contribution in [2.45, 2.75) is 25.0 Å². The van der Waals surface area contributed by atoms with E-state index in [1.54, 1.807) is 54.1 Å². The maximum absolute atomic E-state index is 12.8. The largest absolute Gasteiger partial charge is 0.342 e. The van der Waals surface area contributed by atoms with E-state index in [1.807, 2.05) is 13.8 Å². The van der Waals surface area contributed by atoms with E-state index in [2.05, 4.69) is 20.8 Å². The van der Waals surface area contributed by atoms with Gasteiger partial charge in [-0.1, -0.05) is 72.5 Å². The monoisotopic (exact) mass is 525 g/mol. The molecule has 0 saturated carbocycles. The zero-order chi connectivity index (χ0) is 24.1. The van der Waals surface area contributed by atoms with E-state index < -0.39 is 6.04 Å². The Balaban J connectivity index is 1.69. The fourth-order valence-corrected chi connectivity index (χ4v) is 4.30. The zero-order valence-electron chi connectivity index (χ0n) is 18.1. The Bertz CT molecular complexity index is 1170. The fourth-order valence-electron chi connectivity index (χ4n) is 3.03. The van der Waals surface area contributed by atoms with E-state index >= 15 is 0 Å². The SMILES string of the molecule is CC(C)[C@@H](NC(=O)c1ccccc1Cl)c1nnc(SCC(=O)Nc2cc(Cl)ccc2Cl)n1C. The predicted octanol–water partition coefficient (Wildman–Crippen LogP) is 5.63. The molecule has 174 valence electrons. The van der Waals surface area contributed by atoms with Gasteiger partial charge in [-0.25, -0.2) is 0 Å². The van der Waals surface area contributed by atoms with Crippen LogP contribution in [0.2, 0.25) is 15.1 Å². The summed E-state index contributed by atoms with van der Waals surface area (Å²) in [6.07, 6.45) is 0. The molecule has 0 bridgehead atoms. The van der Waals surface area contributed by atoms with Gasteiger partial charge in [0.05, 0.1) is 33.1 Å². The van der Waals surface area contributed by atoms with Crippen LogP contribution in [0.1, 0.15) is 36.1 Å². The van der Waals surface area contributed by atoms with E-state index in [4.69, 9.17) is 34.8 Å². The first-order chi connectivity index (χ1) is 15.7. The number of anilines is 1. The van der Waals surface area contributed by atoms with Crippen molar-refractivity contribution in [1.82, 2.24) is 20.1 Å². The highest BCUT2D eigenvalue weighted by Crippen LogP contribution is 2.27. The van der Waals surface area contributed by atoms with Gasteiger partial charge in [0.1, 0.15) is 0 Å². The Morgan fingerprint density at radius 2 is 1.79 bits per heavy atom. The quantitative estimate of drug-likeness (QED) is 0.371. The lowest BCUT2D eigenvalue weighted by Crippen LogP contribution is -2.33. The van der Waals surface area contributed by atoms with Crippen molar-refractivity contribution >= 4 is 64.1 Å². The highest BCUT2D eigenvalue weighted by atomic mass is 35.5. The Morgan fingerprint density at radius 1 is 1.06 bits per heavy atom. The summed E-state index contributed by atoms with van der Waals surface area (Å²) >= 11 is 19.4. The van der Waals surface area contributed by atoms with E-state index in [0.29, 0.717) is 37.3 Å². The zero-order valence-corrected chi connectivity index (χ0v) is 21.2. The molecule has 0 aliphatic carbocycles. The average Bonchev–Trinajstić information content (AvgIpc) is 3.13. The Kier molecular flexibility index (Phi) is 8.64. The third-order valence-electron chi connectivity index (χ3n) is 4.75. The number of nitrogens with zero attached hydrogens (tertiary/aromatic N) is 3. The summed E-state index contributed by atoms with van der Waals surface area (Å²) in [6.45, 7) is 3.95. The standard InChI is InChI=1S/C22H22Cl3N5O2S/c1-12(2)19(27-21(32)14-6-4-5-7-15(14)24)20-28-29-22(30(20)3)33-11-18(31)26-17-10-13(23)8-9-16(17)25/h4-10,12,19H,11H2,1-3H3,(H,26,31)(H,27,32)/t19-/m1/s1. The van der Waals surface area contributed by atoms with E-state index in [9.17, 15) is 9.59 Å². The molecule has 0 aliphatic rings. The van der Waals surface area contributed by atoms with Gasteiger partial charge in [-0.15, -0.1) is 10.2 Å². The summed E-state index contributed by atoms with van der Waals surface area (Å²) in [5, 5.41) is 16.0. The Labute approximate surface area is 211 Å². The van der Waals surface area contributed by atoms with Crippen LogP contribution in [0, 0.1) is 5.92 Å². The van der Waals surface area contributed by atoms with Crippen LogP contribution in [-0.2, 0) is 11.8 Å². The van der Waals surface area contributed by atoms with Gasteiger partial charge in [-0.05, 0) is 36.2 Å². The van der Waals surface area contributed by atoms with Gasteiger partial charge in [0.25, 0.3) is 5.91 Å². The van der Waals surface area contributed by atoms with Crippen molar-refractivity contribution in [1.29, 1.82) is 0 Å². The van der Waals surface area contributed by atoms with Gasteiger partial charge < -0.3 is 15.2 Å². The number of nitrogens with one attached hydrogen (secondary N) is 2. The van der Waals surface area contributed by atoms with E-state index in [0.717, 1.165) is 0 Å². The number of halogens is 3. The molecule has 2 aromatic carbocycles. The molecule has 0 aliphatic heterocycles. The molecule has 3 rings (SSSR count). The van der Waals surface area contributed by atoms with E-state index in [-0.39, 0.29) is 23.5 Å². The Hall–Kier alpha value is -2.26. The van der Waals surface area contributed by atoms with Crippen LogP contribution in [0.5, 0.6) is 0 Å². The van der Waals surface area contributed by atoms with Crippen molar-refractivity contribution in [2.24, 2.45) is 13.0 Å². The molecule has 1 heterocycles. The number of amides is 2. The normalized spacial score (nSPS) is 12.0. The Morgan fingerprint density at radius 3 is 2.48 bits per heavy atom. The minimum absolute atomic E-state index is 0.0328. The van der Waals surface area contributed by atoms with Gasteiger partial charge in [0, 0.05) is 12.1 Å². The summed E-state index contributed by atoms with van der Waals surface area (Å²) in [6, 6.07) is 11.3. The molecule has 11 heteroatoms. The van der Waals surface area contributed by atoms with Gasteiger partial charge in [-0.3, -0.25) is 9.59 Å². The molecular weight excluding hydrogens is 505 g/mol. The summed E-state index contributed by atoms with van der Waals surface area (Å²) in [5.74, 6) is 0.139. The van der Waals surface area contributed by atoms with Crippen LogP contribution in [0.3, 0.4) is 0 Å². The smallest absolute Gasteiger partial charge is 0.253 e. The number of aromatic nitrogens is 3. The second-order valence-corrected chi connectivity index (χ2v) is 9.73. The van der Waals surface area contributed by atoms with Gasteiger partial charge >= 0.3 is 0 Å². The molecule has 0 unspecified atom stereocenters. The number of thioether (sulfide) groups is 1. The predicted molar refractivity (Wildman–Crippen MR) is 133 cm³/mol. The van der Waals surface area contributed by atoms with Crippen LogP contribution in [0.25, 0.3) is 0 Å². The molecule has 7 nitrogen and oxygen atoms in total. The molecule has 33 heavy (non-hydrogen) atoms. The van der Waals surface area contributed by atoms with Crippen LogP contribution in [0.4, 0.5) is 5.69 Å². The molecule has 0 spiro atoms. The van der Waals surface area contributed by atoms with Crippen molar-refractivity contribution < 1.29 is 9.59 Å². The topological polar surface area (TPSA) is 88.9 Å². The minimum Gasteiger partial charge on any atom is -0.342 e. The first-order valence-electron chi connectivity index (χ1n) is 9.99. The van der Waals surface area contributed by atoms with Crippen LogP contribution < -0.4 is 10.6 Å². The van der Waals surface area contributed by atoms with Crippen LogP contribution >= 0.6 is 46.6 Å². The maximum atomic E-state index is 12.8. The lowest BCUT2D eigenvalue weighted by Gasteiger charge is -2.22. The first-order valence-corrected chi connectivity index (χ1v) is 12.1. The van der Waals surface area contributed by atoms with Gasteiger partial charge in [0.15, 0.2) is 11.0 Å². The van der Waals surface area contributed by atoms with Crippen molar-refractivity contribution in [3.8, 4) is 0 Å². The van der Waals surface area contributed by atoms with E-state index in [1.165, 1.54) is 11.8 Å². The lowest BCUT2D eigenvalue weighted by atomic mass is 10.0. The molecular formula is C22H22Cl3N5O2S. The number of benzene rings is 2. The molecule has 1 atom stereocenters. The second-order valence-electron chi connectivity index (χ2n) is 7.54. The van der Waals surface area contributed by atoms with Crippen LogP contribution in [-0.4, -0.2) is 32.3 Å². The third kappa shape index (κ3) is 6.41. The summed E-state index contributed by atoms with van der Waals surface area (Å²) in [7, 11) is 1.79. The average molecular weight is 527 g/mol. The van der Waals surface area contributed by atoms with Crippen molar-refractivity contribution in [3.05, 3.63) is 68.9 Å². The molecule has 0 saturated heterocycles. The fraction of sp³-hybridized carbons (Fsp3) is 0.273. The number of rotatable bonds is 8. The lowest BCUT2D eigenvalue weighted by molar-refractivity contribution is -0.113. The molecule has 0 radical (unpaired) electrons. The number of hydrogen-bond acceptors (Lipinski definition) is 5. The molecule has 0 fully saturated rings. The molecule has 3 aromatic rings. The van der Waals surface area contributed by atoms with Gasteiger partial charge in [0.2, 0.25) is 5.91 Å². The van der Waals surface area contributed by atoms with Gasteiger partial charge in [-0.2, -0.15) is 0 Å². The second kappa shape index (κ2) is 11.2. The molecule has 1 aromatic heterocycles. The number of hydrogen-bond donors (Lipinski definition) is 2. The first kappa shape index (κ1) is 25.4. The molecule has 2 N–H and O–H groups in total. The maximum Gasteiger partial charge on any atom is 0.253 e. The number of carbonyl (C=O) groups excluding carboxylic acids is 2. The van der Waals surface area contributed by atoms with Crippen molar-refractivity contribution in [2.75, 3.05) is 11.1 Å². The summed E-state index contributed by atoms with van der Waals surface area (Å²) in [5.41, 5.74) is 0.827. The highest BCUT2D eigenvalue weighted by Gasteiger charge is 2.26. The van der Waals surface area contributed by atoms with Crippen LogP contribution in [0.15, 0.2) is 47.6 Å². The third-order valence-corrected chi connectivity index (χ3v) is 6.67. The van der Waals surface area contributed by atoms with Crippen molar-refractivity contribution in [3.63, 3.8) is 0 Å². The minimum atomic E-state index is -0.403. The number of carbonyl (C=O) groups is 2. The molecule has 2 amide bonds. The summed E-state index contributed by atoms with van der Waals surface area (Å²) < 4.78 is 1.77.